The van der Waals surface area contributed by atoms with E-state index < -0.39 is 11.9 Å². The molecule has 0 bridgehead atoms. The van der Waals surface area contributed by atoms with E-state index in [0.29, 0.717) is 22.5 Å². The lowest BCUT2D eigenvalue weighted by molar-refractivity contribution is 0.0600. The van der Waals surface area contributed by atoms with Gasteiger partial charge in [0.15, 0.2) is 0 Å². The van der Waals surface area contributed by atoms with Crippen molar-refractivity contribution < 1.29 is 19.1 Å². The highest BCUT2D eigenvalue weighted by atomic mass is 16.5. The van der Waals surface area contributed by atoms with Gasteiger partial charge in [0.1, 0.15) is 5.69 Å². The number of esters is 1. The Morgan fingerprint density at radius 3 is 2.28 bits per heavy atom. The number of methoxy groups -OCH3 is 1. The van der Waals surface area contributed by atoms with E-state index in [-0.39, 0.29) is 11.6 Å². The topological polar surface area (TPSA) is 97.4 Å². The summed E-state index contributed by atoms with van der Waals surface area (Å²) >= 11 is 0. The molecule has 0 fully saturated rings. The second-order valence-electron chi connectivity index (χ2n) is 6.22. The van der Waals surface area contributed by atoms with Crippen molar-refractivity contribution in [2.45, 2.75) is 6.92 Å². The maximum Gasteiger partial charge on any atom is 0.337 e. The van der Waals surface area contributed by atoms with E-state index in [1.807, 2.05) is 25.1 Å². The van der Waals surface area contributed by atoms with Gasteiger partial charge in [0.05, 0.1) is 12.7 Å². The number of aryl methyl sites for hydroxylation is 1. The molecule has 3 rings (SSSR count). The van der Waals surface area contributed by atoms with Gasteiger partial charge in [-0.3, -0.25) is 14.6 Å². The first-order valence-electron chi connectivity index (χ1n) is 8.80. The number of ether oxygens (including phenoxy) is 1. The number of pyridine rings is 1. The van der Waals surface area contributed by atoms with Gasteiger partial charge in [-0.05, 0) is 55.0 Å². The Hall–Kier alpha value is -4.00. The van der Waals surface area contributed by atoms with Gasteiger partial charge in [0, 0.05) is 23.1 Å². The molecule has 3 aromatic rings. The summed E-state index contributed by atoms with van der Waals surface area (Å²) in [4.78, 5) is 40.5. The molecular weight excluding hydrogens is 370 g/mol. The van der Waals surface area contributed by atoms with Crippen molar-refractivity contribution in [3.05, 3.63) is 89.2 Å². The standard InChI is InChI=1S/C22H19N3O4/c1-14-5-3-4-6-18(14)25-20(26)16-11-12-23-19(13-16)21(27)24-17-9-7-15(8-10-17)22(28)29-2/h3-13H,1-2H3,(H,24,27)(H,25,26). The van der Waals surface area contributed by atoms with Crippen LogP contribution in [0.4, 0.5) is 11.4 Å². The summed E-state index contributed by atoms with van der Waals surface area (Å²) in [6.07, 6.45) is 1.40. The quantitative estimate of drug-likeness (QED) is 0.649. The van der Waals surface area contributed by atoms with Crippen LogP contribution in [0.25, 0.3) is 0 Å². The maximum absolute atomic E-state index is 12.5. The van der Waals surface area contributed by atoms with E-state index in [2.05, 4.69) is 20.4 Å². The summed E-state index contributed by atoms with van der Waals surface area (Å²) in [5.41, 5.74) is 2.90. The summed E-state index contributed by atoms with van der Waals surface area (Å²) in [5, 5.41) is 5.50. The fourth-order valence-corrected chi connectivity index (χ4v) is 2.61. The van der Waals surface area contributed by atoms with E-state index in [9.17, 15) is 14.4 Å². The zero-order valence-electron chi connectivity index (χ0n) is 15.9. The second kappa shape index (κ2) is 8.79. The minimum Gasteiger partial charge on any atom is -0.465 e. The van der Waals surface area contributed by atoms with Crippen molar-refractivity contribution in [2.24, 2.45) is 0 Å². The molecule has 7 heteroatoms. The molecule has 0 saturated heterocycles. The molecule has 29 heavy (non-hydrogen) atoms. The van der Waals surface area contributed by atoms with Gasteiger partial charge in [0.2, 0.25) is 0 Å². The number of carbonyl (C=O) groups excluding carboxylic acids is 3. The Balaban J connectivity index is 1.71. The Labute approximate surface area is 167 Å². The Bertz CT molecular complexity index is 1060. The number of rotatable bonds is 5. The number of amides is 2. The number of carbonyl (C=O) groups is 3. The number of para-hydroxylation sites is 1. The lowest BCUT2D eigenvalue weighted by atomic mass is 10.1. The number of hydrogen-bond donors (Lipinski definition) is 2. The predicted octanol–water partition coefficient (Wildman–Crippen LogP) is 3.68. The van der Waals surface area contributed by atoms with Gasteiger partial charge in [-0.2, -0.15) is 0 Å². The molecule has 2 aromatic carbocycles. The Morgan fingerprint density at radius 1 is 0.862 bits per heavy atom. The number of aromatic nitrogens is 1. The second-order valence-corrected chi connectivity index (χ2v) is 6.22. The van der Waals surface area contributed by atoms with Crippen molar-refractivity contribution in [3.8, 4) is 0 Å². The fraction of sp³-hybridized carbons (Fsp3) is 0.0909. The van der Waals surface area contributed by atoms with E-state index in [4.69, 9.17) is 0 Å². The molecular formula is C22H19N3O4. The van der Waals surface area contributed by atoms with Gasteiger partial charge in [0.25, 0.3) is 11.8 Å². The van der Waals surface area contributed by atoms with Crippen LogP contribution >= 0.6 is 0 Å². The average Bonchev–Trinajstić information content (AvgIpc) is 2.75. The summed E-state index contributed by atoms with van der Waals surface area (Å²) in [6, 6.07) is 16.6. The lowest BCUT2D eigenvalue weighted by Gasteiger charge is -2.09. The monoisotopic (exact) mass is 389 g/mol. The van der Waals surface area contributed by atoms with Crippen LogP contribution in [0.3, 0.4) is 0 Å². The van der Waals surface area contributed by atoms with Crippen LogP contribution in [-0.2, 0) is 4.74 Å². The van der Waals surface area contributed by atoms with Gasteiger partial charge >= 0.3 is 5.97 Å². The normalized spacial score (nSPS) is 10.1. The SMILES string of the molecule is COC(=O)c1ccc(NC(=O)c2cc(C(=O)Nc3ccccc3C)ccn2)cc1. The minimum absolute atomic E-state index is 0.0967. The summed E-state index contributed by atoms with van der Waals surface area (Å²) in [5.74, 6) is -1.27. The van der Waals surface area contributed by atoms with Crippen LogP contribution in [0, 0.1) is 6.92 Å². The maximum atomic E-state index is 12.5. The van der Waals surface area contributed by atoms with Gasteiger partial charge in [-0.15, -0.1) is 0 Å². The molecule has 0 aliphatic carbocycles. The first-order valence-corrected chi connectivity index (χ1v) is 8.80. The van der Waals surface area contributed by atoms with E-state index >= 15 is 0 Å². The number of benzene rings is 2. The minimum atomic E-state index is -0.471. The third-order valence-corrected chi connectivity index (χ3v) is 4.21. The molecule has 0 atom stereocenters. The molecule has 0 unspecified atom stereocenters. The van der Waals surface area contributed by atoms with Crippen LogP contribution in [0.1, 0.15) is 36.8 Å². The van der Waals surface area contributed by atoms with E-state index in [1.165, 1.54) is 25.4 Å². The van der Waals surface area contributed by atoms with E-state index in [1.54, 1.807) is 30.3 Å². The first-order chi connectivity index (χ1) is 14.0. The van der Waals surface area contributed by atoms with Crippen molar-refractivity contribution in [1.82, 2.24) is 4.98 Å². The number of hydrogen-bond acceptors (Lipinski definition) is 5. The average molecular weight is 389 g/mol. The number of nitrogens with one attached hydrogen (secondary N) is 2. The molecule has 2 N–H and O–H groups in total. The molecule has 0 saturated carbocycles. The van der Waals surface area contributed by atoms with Gasteiger partial charge < -0.3 is 15.4 Å². The van der Waals surface area contributed by atoms with Crippen LogP contribution < -0.4 is 10.6 Å². The highest BCUT2D eigenvalue weighted by molar-refractivity contribution is 6.08. The van der Waals surface area contributed by atoms with Crippen molar-refractivity contribution in [1.29, 1.82) is 0 Å². The van der Waals surface area contributed by atoms with Gasteiger partial charge in [-0.25, -0.2) is 4.79 Å². The molecule has 0 radical (unpaired) electrons. The predicted molar refractivity (Wildman–Crippen MR) is 109 cm³/mol. The van der Waals surface area contributed by atoms with Crippen molar-refractivity contribution >= 4 is 29.2 Å². The van der Waals surface area contributed by atoms with Gasteiger partial charge in [-0.1, -0.05) is 18.2 Å². The molecule has 7 nitrogen and oxygen atoms in total. The first kappa shape index (κ1) is 19.8. The lowest BCUT2D eigenvalue weighted by Crippen LogP contribution is -2.17. The fourth-order valence-electron chi connectivity index (χ4n) is 2.61. The van der Waals surface area contributed by atoms with Crippen LogP contribution in [-0.4, -0.2) is 29.9 Å². The zero-order chi connectivity index (χ0) is 20.8. The zero-order valence-corrected chi connectivity index (χ0v) is 15.9. The summed E-state index contributed by atoms with van der Waals surface area (Å²) in [7, 11) is 1.30. The molecule has 0 aliphatic heterocycles. The highest BCUT2D eigenvalue weighted by Gasteiger charge is 2.13. The van der Waals surface area contributed by atoms with Crippen LogP contribution in [0.5, 0.6) is 0 Å². The Morgan fingerprint density at radius 2 is 1.59 bits per heavy atom. The van der Waals surface area contributed by atoms with Crippen molar-refractivity contribution in [2.75, 3.05) is 17.7 Å². The third-order valence-electron chi connectivity index (χ3n) is 4.21. The third kappa shape index (κ3) is 4.84. The van der Waals surface area contributed by atoms with Crippen molar-refractivity contribution in [3.63, 3.8) is 0 Å². The highest BCUT2D eigenvalue weighted by Crippen LogP contribution is 2.16. The molecule has 1 heterocycles. The number of anilines is 2. The summed E-state index contributed by atoms with van der Waals surface area (Å²) in [6.45, 7) is 1.90. The smallest absolute Gasteiger partial charge is 0.337 e. The molecule has 2 amide bonds. The number of nitrogens with zero attached hydrogens (tertiary/aromatic N) is 1. The molecule has 0 aliphatic rings. The van der Waals surface area contributed by atoms with Crippen LogP contribution in [0.2, 0.25) is 0 Å². The summed E-state index contributed by atoms with van der Waals surface area (Å²) < 4.78 is 4.64. The molecule has 1 aromatic heterocycles. The van der Waals surface area contributed by atoms with E-state index in [0.717, 1.165) is 5.56 Å². The van der Waals surface area contributed by atoms with Crippen LogP contribution in [0.15, 0.2) is 66.9 Å². The Kier molecular flexibility index (Phi) is 5.99. The largest absolute Gasteiger partial charge is 0.465 e. The molecule has 146 valence electrons. The molecule has 0 spiro atoms.